The van der Waals surface area contributed by atoms with E-state index in [-0.39, 0.29) is 18.1 Å². The number of rotatable bonds is 6. The summed E-state index contributed by atoms with van der Waals surface area (Å²) in [6, 6.07) is 11.7. The largest absolute Gasteiger partial charge is 0.373 e. The normalized spacial score (nSPS) is 17.4. The number of anilines is 1. The summed E-state index contributed by atoms with van der Waals surface area (Å²) < 4.78 is 11.0. The fraction of sp³-hybridized carbons (Fsp3) is 0.474. The Morgan fingerprint density at radius 2 is 2.08 bits per heavy atom. The van der Waals surface area contributed by atoms with Gasteiger partial charge in [0.1, 0.15) is 0 Å². The van der Waals surface area contributed by atoms with Gasteiger partial charge in [-0.05, 0) is 32.3 Å². The summed E-state index contributed by atoms with van der Waals surface area (Å²) in [4.78, 5) is 14.5. The molecule has 6 heteroatoms. The second kappa shape index (κ2) is 8.27. The molecule has 0 saturated carbocycles. The number of likely N-dealkylation sites (tertiary alicyclic amines) is 1. The number of carbonyl (C=O) groups is 1. The van der Waals surface area contributed by atoms with E-state index in [2.05, 4.69) is 27.5 Å². The van der Waals surface area contributed by atoms with Crippen LogP contribution in [-0.4, -0.2) is 41.2 Å². The minimum absolute atomic E-state index is 0.0696. The molecule has 1 saturated heterocycles. The topological polar surface area (TPSA) is 67.6 Å². The number of piperidine rings is 1. The van der Waals surface area contributed by atoms with Crippen molar-refractivity contribution in [2.75, 3.05) is 18.4 Å². The Kier molecular flexibility index (Phi) is 5.83. The number of amides is 1. The zero-order valence-electron chi connectivity index (χ0n) is 14.8. The van der Waals surface area contributed by atoms with Gasteiger partial charge in [-0.25, -0.2) is 0 Å². The highest BCUT2D eigenvalue weighted by atomic mass is 16.5. The SMILES string of the molecule is Cc1cc(NC(=O)[C@@H](C)N2CCC(OCc3ccccc3)CC2)on1. The quantitative estimate of drug-likeness (QED) is 0.873. The van der Waals surface area contributed by atoms with Crippen LogP contribution in [0.3, 0.4) is 0 Å². The van der Waals surface area contributed by atoms with E-state index < -0.39 is 0 Å². The standard InChI is InChI=1S/C19H25N3O3/c1-14-12-18(25-21-14)20-19(23)15(2)22-10-8-17(9-11-22)24-13-16-6-4-3-5-7-16/h3-7,12,15,17H,8-11,13H2,1-2H3,(H,20,23)/t15-/m1/s1. The third-order valence-electron chi connectivity index (χ3n) is 4.61. The van der Waals surface area contributed by atoms with Gasteiger partial charge >= 0.3 is 0 Å². The highest BCUT2D eigenvalue weighted by Gasteiger charge is 2.27. The Labute approximate surface area is 148 Å². The molecule has 1 aromatic carbocycles. The Morgan fingerprint density at radius 3 is 2.72 bits per heavy atom. The second-order valence-corrected chi connectivity index (χ2v) is 6.53. The fourth-order valence-corrected chi connectivity index (χ4v) is 3.03. The first-order valence-corrected chi connectivity index (χ1v) is 8.75. The molecule has 1 fully saturated rings. The van der Waals surface area contributed by atoms with Crippen LogP contribution in [0, 0.1) is 6.92 Å². The molecule has 1 aromatic heterocycles. The molecule has 1 aliphatic rings. The maximum atomic E-state index is 12.3. The summed E-state index contributed by atoms with van der Waals surface area (Å²) in [5, 5.41) is 6.55. The van der Waals surface area contributed by atoms with Crippen molar-refractivity contribution in [3.63, 3.8) is 0 Å². The van der Waals surface area contributed by atoms with Crippen molar-refractivity contribution in [3.05, 3.63) is 47.7 Å². The summed E-state index contributed by atoms with van der Waals surface area (Å²) in [5.41, 5.74) is 1.94. The second-order valence-electron chi connectivity index (χ2n) is 6.53. The van der Waals surface area contributed by atoms with Crippen LogP contribution in [0.5, 0.6) is 0 Å². The lowest BCUT2D eigenvalue weighted by atomic mass is 10.1. The van der Waals surface area contributed by atoms with E-state index >= 15 is 0 Å². The zero-order valence-corrected chi connectivity index (χ0v) is 14.8. The molecule has 1 amide bonds. The van der Waals surface area contributed by atoms with Gasteiger partial charge in [-0.1, -0.05) is 35.5 Å². The summed E-state index contributed by atoms with van der Waals surface area (Å²) in [6.07, 6.45) is 2.13. The number of nitrogens with zero attached hydrogens (tertiary/aromatic N) is 2. The van der Waals surface area contributed by atoms with E-state index in [9.17, 15) is 4.79 Å². The van der Waals surface area contributed by atoms with Gasteiger partial charge in [-0.3, -0.25) is 15.0 Å². The maximum Gasteiger partial charge on any atom is 0.243 e. The summed E-state index contributed by atoms with van der Waals surface area (Å²) >= 11 is 0. The number of hydrogen-bond acceptors (Lipinski definition) is 5. The monoisotopic (exact) mass is 343 g/mol. The lowest BCUT2D eigenvalue weighted by Crippen LogP contribution is -2.47. The molecular formula is C19H25N3O3. The molecule has 2 heterocycles. The summed E-state index contributed by atoms with van der Waals surface area (Å²) in [5.74, 6) is 0.329. The van der Waals surface area contributed by atoms with Crippen LogP contribution in [0.2, 0.25) is 0 Å². The van der Waals surface area contributed by atoms with Crippen LogP contribution < -0.4 is 5.32 Å². The Balaban J connectivity index is 1.42. The molecular weight excluding hydrogens is 318 g/mol. The van der Waals surface area contributed by atoms with Gasteiger partial charge in [0.2, 0.25) is 11.8 Å². The van der Waals surface area contributed by atoms with Gasteiger partial charge in [-0.15, -0.1) is 0 Å². The van der Waals surface area contributed by atoms with Gasteiger partial charge in [0, 0.05) is 19.2 Å². The van der Waals surface area contributed by atoms with Gasteiger partial charge in [-0.2, -0.15) is 0 Å². The Bertz CT molecular complexity index is 678. The maximum absolute atomic E-state index is 12.3. The molecule has 2 aromatic rings. The Morgan fingerprint density at radius 1 is 1.36 bits per heavy atom. The molecule has 0 aliphatic carbocycles. The first-order chi connectivity index (χ1) is 12.1. The predicted molar refractivity (Wildman–Crippen MR) is 95.2 cm³/mol. The molecule has 1 N–H and O–H groups in total. The number of aromatic nitrogens is 1. The van der Waals surface area contributed by atoms with Crippen LogP contribution in [-0.2, 0) is 16.1 Å². The lowest BCUT2D eigenvalue weighted by Gasteiger charge is -2.35. The van der Waals surface area contributed by atoms with Crippen molar-refractivity contribution in [1.29, 1.82) is 0 Å². The van der Waals surface area contributed by atoms with E-state index in [0.29, 0.717) is 12.5 Å². The van der Waals surface area contributed by atoms with Gasteiger partial charge in [0.25, 0.3) is 0 Å². The van der Waals surface area contributed by atoms with Crippen molar-refractivity contribution in [3.8, 4) is 0 Å². The van der Waals surface area contributed by atoms with Crippen molar-refractivity contribution < 1.29 is 14.1 Å². The van der Waals surface area contributed by atoms with Crippen molar-refractivity contribution in [1.82, 2.24) is 10.1 Å². The number of nitrogens with one attached hydrogen (secondary N) is 1. The van der Waals surface area contributed by atoms with E-state index in [1.165, 1.54) is 5.56 Å². The van der Waals surface area contributed by atoms with E-state index in [1.54, 1.807) is 6.07 Å². The van der Waals surface area contributed by atoms with Gasteiger partial charge in [0.15, 0.2) is 0 Å². The van der Waals surface area contributed by atoms with Crippen LogP contribution >= 0.6 is 0 Å². The van der Waals surface area contributed by atoms with Crippen LogP contribution in [0.4, 0.5) is 5.88 Å². The smallest absolute Gasteiger partial charge is 0.243 e. The zero-order chi connectivity index (χ0) is 17.6. The number of hydrogen-bond donors (Lipinski definition) is 1. The first kappa shape index (κ1) is 17.6. The third-order valence-corrected chi connectivity index (χ3v) is 4.61. The lowest BCUT2D eigenvalue weighted by molar-refractivity contribution is -0.122. The van der Waals surface area contributed by atoms with E-state index in [0.717, 1.165) is 31.6 Å². The molecule has 0 bridgehead atoms. The minimum atomic E-state index is -0.208. The van der Waals surface area contributed by atoms with Crippen molar-refractivity contribution in [2.24, 2.45) is 0 Å². The number of aryl methyl sites for hydroxylation is 1. The molecule has 0 spiro atoms. The summed E-state index contributed by atoms with van der Waals surface area (Å²) in [6.45, 7) is 6.09. The van der Waals surface area contributed by atoms with Crippen molar-refractivity contribution >= 4 is 11.8 Å². The molecule has 134 valence electrons. The molecule has 1 aliphatic heterocycles. The van der Waals surface area contributed by atoms with Crippen LogP contribution in [0.25, 0.3) is 0 Å². The minimum Gasteiger partial charge on any atom is -0.373 e. The molecule has 1 atom stereocenters. The van der Waals surface area contributed by atoms with Gasteiger partial charge in [0.05, 0.1) is 24.4 Å². The Hall–Kier alpha value is -2.18. The molecule has 25 heavy (non-hydrogen) atoms. The highest BCUT2D eigenvalue weighted by Crippen LogP contribution is 2.18. The average molecular weight is 343 g/mol. The molecule has 3 rings (SSSR count). The summed E-state index contributed by atoms with van der Waals surface area (Å²) in [7, 11) is 0. The molecule has 0 unspecified atom stereocenters. The number of benzene rings is 1. The average Bonchev–Trinajstić information content (AvgIpc) is 3.05. The molecule has 6 nitrogen and oxygen atoms in total. The van der Waals surface area contributed by atoms with E-state index in [4.69, 9.17) is 9.26 Å². The van der Waals surface area contributed by atoms with Crippen molar-refractivity contribution in [2.45, 2.75) is 45.4 Å². The number of carbonyl (C=O) groups excluding carboxylic acids is 1. The fourth-order valence-electron chi connectivity index (χ4n) is 3.03. The molecule has 0 radical (unpaired) electrons. The third kappa shape index (κ3) is 4.90. The van der Waals surface area contributed by atoms with E-state index in [1.807, 2.05) is 32.0 Å². The number of ether oxygens (including phenoxy) is 1. The highest BCUT2D eigenvalue weighted by molar-refractivity contribution is 5.93. The van der Waals surface area contributed by atoms with Crippen LogP contribution in [0.15, 0.2) is 40.9 Å². The predicted octanol–water partition coefficient (Wildman–Crippen LogP) is 2.99. The van der Waals surface area contributed by atoms with Gasteiger partial charge < -0.3 is 9.26 Å². The van der Waals surface area contributed by atoms with Crippen LogP contribution in [0.1, 0.15) is 31.0 Å². The first-order valence-electron chi connectivity index (χ1n) is 8.75.